The molecular weight excluding hydrogens is 546 g/mol. The lowest BCUT2D eigenvalue weighted by atomic mass is 9.76. The van der Waals surface area contributed by atoms with Gasteiger partial charge in [0.05, 0.1) is 17.8 Å². The molecule has 12 heteroatoms. The zero-order valence-corrected chi connectivity index (χ0v) is 26.6. The molecule has 2 aliphatic rings. The van der Waals surface area contributed by atoms with Crippen LogP contribution in [0.3, 0.4) is 0 Å². The van der Waals surface area contributed by atoms with E-state index in [2.05, 4.69) is 57.4 Å². The van der Waals surface area contributed by atoms with E-state index in [4.69, 9.17) is 20.0 Å². The van der Waals surface area contributed by atoms with Crippen LogP contribution in [0.15, 0.2) is 52.7 Å². The smallest absolute Gasteiger partial charge is 0.410 e. The van der Waals surface area contributed by atoms with Gasteiger partial charge in [-0.2, -0.15) is 4.98 Å². The molecule has 4 rings (SSSR count). The van der Waals surface area contributed by atoms with Crippen LogP contribution < -0.4 is 16.0 Å². The normalized spacial score (nSPS) is 18.1. The van der Waals surface area contributed by atoms with E-state index in [1.807, 2.05) is 39.8 Å². The van der Waals surface area contributed by atoms with Crippen LogP contribution in [0, 0.1) is 5.92 Å². The number of nitrogens with one attached hydrogen (secondary N) is 1. The summed E-state index contributed by atoms with van der Waals surface area (Å²) in [7, 11) is 3.79. The largest absolute Gasteiger partial charge is 0.444 e. The number of carbonyl (C=O) groups is 1. The van der Waals surface area contributed by atoms with Crippen LogP contribution >= 0.6 is 0 Å². The first-order chi connectivity index (χ1) is 20.5. The van der Waals surface area contributed by atoms with Crippen molar-refractivity contribution in [2.75, 3.05) is 51.7 Å². The van der Waals surface area contributed by atoms with Crippen LogP contribution in [-0.2, 0) is 10.2 Å². The molecule has 2 fully saturated rings. The van der Waals surface area contributed by atoms with E-state index in [0.717, 1.165) is 30.7 Å². The van der Waals surface area contributed by atoms with Crippen LogP contribution in [0.5, 0.6) is 0 Å². The van der Waals surface area contributed by atoms with Gasteiger partial charge >= 0.3 is 6.09 Å². The van der Waals surface area contributed by atoms with Crippen molar-refractivity contribution in [3.05, 3.63) is 54.0 Å². The molecule has 0 radical (unpaired) electrons. The summed E-state index contributed by atoms with van der Waals surface area (Å²) in [5.74, 6) is 2.78. The molecular formula is C31H47N9O3. The summed E-state index contributed by atoms with van der Waals surface area (Å²) in [4.78, 5) is 32.3. The van der Waals surface area contributed by atoms with Crippen molar-refractivity contribution in [2.45, 2.75) is 64.9 Å². The lowest BCUT2D eigenvalue weighted by Crippen LogP contribution is -2.50. The topological polar surface area (TPSA) is 139 Å². The van der Waals surface area contributed by atoms with E-state index < -0.39 is 11.0 Å². The minimum Gasteiger partial charge on any atom is -0.444 e. The molecule has 3 N–H and O–H groups in total. The van der Waals surface area contributed by atoms with Gasteiger partial charge in [0.15, 0.2) is 5.82 Å². The van der Waals surface area contributed by atoms with Crippen molar-refractivity contribution >= 4 is 11.9 Å². The van der Waals surface area contributed by atoms with Crippen LogP contribution in [0.2, 0.25) is 0 Å². The maximum atomic E-state index is 12.4. The van der Waals surface area contributed by atoms with Gasteiger partial charge in [0.25, 0.3) is 5.89 Å². The number of piperazine rings is 1. The molecule has 0 aromatic carbocycles. The molecule has 1 amide bonds. The van der Waals surface area contributed by atoms with Crippen molar-refractivity contribution in [3.63, 3.8) is 0 Å². The van der Waals surface area contributed by atoms with Gasteiger partial charge in [0.2, 0.25) is 0 Å². The van der Waals surface area contributed by atoms with Crippen LogP contribution in [0.4, 0.5) is 10.6 Å². The Hall–Kier alpha value is -4.09. The molecule has 1 aliphatic carbocycles. The quantitative estimate of drug-likeness (QED) is 0.365. The summed E-state index contributed by atoms with van der Waals surface area (Å²) < 4.78 is 11.3. The monoisotopic (exact) mass is 593 g/mol. The number of anilines is 1. The van der Waals surface area contributed by atoms with Gasteiger partial charge < -0.3 is 35.0 Å². The third-order valence-electron chi connectivity index (χ3n) is 7.85. The van der Waals surface area contributed by atoms with Gasteiger partial charge in [-0.15, -0.1) is 0 Å². The van der Waals surface area contributed by atoms with Crippen LogP contribution in [-0.4, -0.2) is 88.4 Å². The maximum Gasteiger partial charge on any atom is 0.410 e. The van der Waals surface area contributed by atoms with Crippen molar-refractivity contribution in [2.24, 2.45) is 11.7 Å². The van der Waals surface area contributed by atoms with E-state index in [0.29, 0.717) is 61.9 Å². The van der Waals surface area contributed by atoms with E-state index >= 15 is 0 Å². The Morgan fingerprint density at radius 2 is 1.91 bits per heavy atom. The summed E-state index contributed by atoms with van der Waals surface area (Å²) in [6, 6.07) is 0. The predicted octanol–water partition coefficient (Wildman–Crippen LogP) is 4.05. The minimum absolute atomic E-state index is 0.288. The SMILES string of the molecule is CC/C=C\C(=C/CN(C)/C(N)=C\NC)[C@@](C)(c1noc(-c2cnc(N3CCN(C(=O)OC(C)(C)C)CC3)cn2)n1)C1CC1. The fraction of sp³-hybridized carbons (Fsp3) is 0.581. The molecule has 12 nitrogen and oxygen atoms in total. The van der Waals surface area contributed by atoms with Gasteiger partial charge in [-0.3, -0.25) is 0 Å². The second-order valence-electron chi connectivity index (χ2n) is 12.3. The molecule has 0 unspecified atom stereocenters. The number of hydrogen-bond acceptors (Lipinski definition) is 11. The zero-order chi connectivity index (χ0) is 31.2. The number of carbonyl (C=O) groups excluding carboxylic acids is 1. The Balaban J connectivity index is 1.49. The first-order valence-electron chi connectivity index (χ1n) is 15.1. The number of likely N-dealkylation sites (N-methyl/N-ethyl adjacent to an activating group) is 1. The minimum atomic E-state index is -0.515. The predicted molar refractivity (Wildman–Crippen MR) is 167 cm³/mol. The number of allylic oxidation sites excluding steroid dienone is 3. The molecule has 0 spiro atoms. The highest BCUT2D eigenvalue weighted by Crippen LogP contribution is 2.51. The summed E-state index contributed by atoms with van der Waals surface area (Å²) in [5, 5.41) is 7.44. The molecule has 0 bridgehead atoms. The Morgan fingerprint density at radius 1 is 1.19 bits per heavy atom. The molecule has 3 heterocycles. The first kappa shape index (κ1) is 31.8. The summed E-state index contributed by atoms with van der Waals surface area (Å²) in [6.45, 7) is 13.0. The number of nitrogens with zero attached hydrogens (tertiary/aromatic N) is 7. The number of amides is 1. The summed E-state index contributed by atoms with van der Waals surface area (Å²) in [6.07, 6.45) is 14.5. The van der Waals surface area contributed by atoms with Crippen LogP contribution in [0.25, 0.3) is 11.6 Å². The lowest BCUT2D eigenvalue weighted by molar-refractivity contribution is 0.0240. The highest BCUT2D eigenvalue weighted by molar-refractivity contribution is 5.68. The van der Waals surface area contributed by atoms with Crippen LogP contribution in [0.1, 0.15) is 59.7 Å². The molecule has 1 saturated heterocycles. The maximum absolute atomic E-state index is 12.4. The second-order valence-corrected chi connectivity index (χ2v) is 12.3. The van der Waals surface area contributed by atoms with Gasteiger partial charge in [-0.1, -0.05) is 30.3 Å². The Kier molecular flexibility index (Phi) is 9.98. The van der Waals surface area contributed by atoms with E-state index in [1.54, 1.807) is 23.5 Å². The second kappa shape index (κ2) is 13.5. The highest BCUT2D eigenvalue weighted by Gasteiger charge is 2.48. The van der Waals surface area contributed by atoms with Crippen molar-refractivity contribution in [1.29, 1.82) is 0 Å². The van der Waals surface area contributed by atoms with Gasteiger partial charge in [-0.05, 0) is 58.4 Å². The molecule has 1 saturated carbocycles. The van der Waals surface area contributed by atoms with E-state index in [-0.39, 0.29) is 6.09 Å². The fourth-order valence-corrected chi connectivity index (χ4v) is 5.08. The standard InChI is InChI=1S/C31H47N9O3/c1-8-9-10-22(13-14-38(7)25(32)20-33-6)31(5,23-11-12-23)28-36-27(43-37-28)24-19-35-26(21-34-24)39-15-17-40(18-16-39)29(41)42-30(2,3)4/h9-10,13,19-21,23,33H,8,11-12,14-18,32H2,1-7H3/b10-9-,22-13+,25-20-/t31-/m1/s1. The van der Waals surface area contributed by atoms with Crippen molar-refractivity contribution in [1.82, 2.24) is 35.2 Å². The van der Waals surface area contributed by atoms with Gasteiger partial charge in [-0.25, -0.2) is 14.8 Å². The number of aromatic nitrogens is 4. The average molecular weight is 594 g/mol. The first-order valence-corrected chi connectivity index (χ1v) is 15.1. The summed E-state index contributed by atoms with van der Waals surface area (Å²) in [5.41, 5.74) is 6.90. The van der Waals surface area contributed by atoms with Gasteiger partial charge in [0.1, 0.15) is 22.9 Å². The Bertz CT molecular complexity index is 1320. The molecule has 1 atom stereocenters. The molecule has 2 aromatic heterocycles. The van der Waals surface area contributed by atoms with E-state index in [1.165, 1.54) is 0 Å². The molecule has 43 heavy (non-hydrogen) atoms. The Morgan fingerprint density at radius 3 is 2.49 bits per heavy atom. The average Bonchev–Trinajstić information content (AvgIpc) is 3.72. The number of hydrogen-bond donors (Lipinski definition) is 2. The third-order valence-corrected chi connectivity index (χ3v) is 7.85. The fourth-order valence-electron chi connectivity index (χ4n) is 5.08. The molecule has 2 aromatic rings. The number of ether oxygens (including phenoxy) is 1. The third kappa shape index (κ3) is 7.85. The van der Waals surface area contributed by atoms with Crippen molar-refractivity contribution < 1.29 is 14.1 Å². The zero-order valence-electron chi connectivity index (χ0n) is 26.6. The van der Waals surface area contributed by atoms with Gasteiger partial charge in [0, 0.05) is 53.0 Å². The summed E-state index contributed by atoms with van der Waals surface area (Å²) >= 11 is 0. The lowest BCUT2D eigenvalue weighted by Gasteiger charge is -2.36. The number of rotatable bonds is 11. The molecule has 234 valence electrons. The van der Waals surface area contributed by atoms with E-state index in [9.17, 15) is 4.79 Å². The molecule has 1 aliphatic heterocycles. The van der Waals surface area contributed by atoms with Crippen molar-refractivity contribution in [3.8, 4) is 11.6 Å². The number of nitrogens with two attached hydrogens (primary N) is 1. The Labute approximate surface area is 255 Å². The highest BCUT2D eigenvalue weighted by atomic mass is 16.6.